The molecule has 0 amide bonds. The molecule has 0 aliphatic rings. The van der Waals surface area contributed by atoms with Crippen LogP contribution in [0.3, 0.4) is 0 Å². The lowest BCUT2D eigenvalue weighted by Crippen LogP contribution is -2.57. The summed E-state index contributed by atoms with van der Waals surface area (Å²) in [6, 6.07) is 0. The van der Waals surface area contributed by atoms with Gasteiger partial charge in [-0.1, -0.05) is 0 Å². The maximum absolute atomic E-state index is 10.1. The zero-order chi connectivity index (χ0) is 9.07. The lowest BCUT2D eigenvalue weighted by atomic mass is 10.2. The Morgan fingerprint density at radius 1 is 1.09 bits per heavy atom. The Hall–Kier alpha value is -1.28. The second-order valence-corrected chi connectivity index (χ2v) is 1.90. The molecule has 0 rings (SSSR count). The molecule has 0 unspecified atom stereocenters. The Bertz CT molecular complexity index is 160. The van der Waals surface area contributed by atoms with Crippen LogP contribution >= 0.6 is 0 Å². The number of hydrogen-bond donors (Lipinski definition) is 2. The number of nitro groups is 2. The molecule has 11 heavy (non-hydrogen) atoms. The average molecular weight is 164 g/mol. The molecular formula is C3H8N4O4. The van der Waals surface area contributed by atoms with E-state index in [4.69, 9.17) is 11.5 Å². The van der Waals surface area contributed by atoms with Crippen molar-refractivity contribution >= 4 is 0 Å². The van der Waals surface area contributed by atoms with E-state index in [-0.39, 0.29) is 0 Å². The zero-order valence-electron chi connectivity index (χ0n) is 5.60. The molecule has 0 atom stereocenters. The molecule has 8 nitrogen and oxygen atoms in total. The van der Waals surface area contributed by atoms with E-state index in [1.165, 1.54) is 0 Å². The Labute approximate surface area is 61.5 Å². The van der Waals surface area contributed by atoms with E-state index in [1.54, 1.807) is 0 Å². The van der Waals surface area contributed by atoms with E-state index in [9.17, 15) is 20.2 Å². The lowest BCUT2D eigenvalue weighted by molar-refractivity contribution is -0.789. The first-order valence-corrected chi connectivity index (χ1v) is 2.70. The predicted octanol–water partition coefficient (Wildman–Crippen LogP) is -1.85. The molecule has 0 aromatic rings. The lowest BCUT2D eigenvalue weighted by Gasteiger charge is -2.11. The molecule has 4 N–H and O–H groups in total. The van der Waals surface area contributed by atoms with E-state index in [2.05, 4.69) is 0 Å². The van der Waals surface area contributed by atoms with E-state index in [0.29, 0.717) is 0 Å². The summed E-state index contributed by atoms with van der Waals surface area (Å²) in [5.74, 6) is 0. The number of nitrogens with two attached hydrogens (primary N) is 2. The van der Waals surface area contributed by atoms with Gasteiger partial charge in [0.1, 0.15) is 22.9 Å². The normalized spacial score (nSPS) is 11.1. The molecule has 0 saturated heterocycles. The smallest absolute Gasteiger partial charge is 0.318 e. The Kier molecular flexibility index (Phi) is 2.84. The highest BCUT2D eigenvalue weighted by Gasteiger charge is 2.53. The largest absolute Gasteiger partial charge is 0.481 e. The monoisotopic (exact) mass is 164 g/mol. The van der Waals surface area contributed by atoms with Gasteiger partial charge in [0.2, 0.25) is 0 Å². The fourth-order valence-corrected chi connectivity index (χ4v) is 0.448. The van der Waals surface area contributed by atoms with Crippen molar-refractivity contribution in [2.75, 3.05) is 13.1 Å². The Balaban J connectivity index is 4.76. The number of hydrogen-bond acceptors (Lipinski definition) is 6. The molecule has 0 radical (unpaired) electrons. The van der Waals surface area contributed by atoms with Crippen LogP contribution in [-0.4, -0.2) is 28.6 Å². The van der Waals surface area contributed by atoms with Crippen molar-refractivity contribution in [2.24, 2.45) is 11.5 Å². The van der Waals surface area contributed by atoms with Gasteiger partial charge in [-0.15, -0.1) is 0 Å². The van der Waals surface area contributed by atoms with Crippen molar-refractivity contribution < 1.29 is 9.85 Å². The maximum Gasteiger partial charge on any atom is 0.481 e. The van der Waals surface area contributed by atoms with Crippen LogP contribution in [0.25, 0.3) is 0 Å². The second-order valence-electron chi connectivity index (χ2n) is 1.90. The average Bonchev–Trinajstić information content (AvgIpc) is 1.90. The van der Waals surface area contributed by atoms with Gasteiger partial charge in [0.15, 0.2) is 0 Å². The SMILES string of the molecule is NCC(CN)([N+](=O)[O-])[N+](=O)[O-]. The predicted molar refractivity (Wildman–Crippen MR) is 34.8 cm³/mol. The third-order valence-corrected chi connectivity index (χ3v) is 1.33. The van der Waals surface area contributed by atoms with E-state index in [1.807, 2.05) is 0 Å². The minimum Gasteiger partial charge on any atom is -0.318 e. The molecule has 0 saturated carbocycles. The standard InChI is InChI=1S/C3H8N4O4/c4-1-3(2-5,6(8)9)7(10)11/h1-2,4-5H2. The summed E-state index contributed by atoms with van der Waals surface area (Å²) in [6.07, 6.45) is 0. The fraction of sp³-hybridized carbons (Fsp3) is 1.00. The van der Waals surface area contributed by atoms with Crippen molar-refractivity contribution in [3.8, 4) is 0 Å². The minimum atomic E-state index is -2.42. The summed E-state index contributed by atoms with van der Waals surface area (Å²) >= 11 is 0. The van der Waals surface area contributed by atoms with Crippen molar-refractivity contribution in [2.45, 2.75) is 5.66 Å². The van der Waals surface area contributed by atoms with Gasteiger partial charge in [0.05, 0.1) is 0 Å². The molecule has 0 spiro atoms. The summed E-state index contributed by atoms with van der Waals surface area (Å²) < 4.78 is 0. The highest BCUT2D eigenvalue weighted by Crippen LogP contribution is 2.05. The van der Waals surface area contributed by atoms with Crippen LogP contribution < -0.4 is 11.5 Å². The van der Waals surface area contributed by atoms with Gasteiger partial charge in [0.25, 0.3) is 0 Å². The van der Waals surface area contributed by atoms with Gasteiger partial charge in [-0.2, -0.15) is 0 Å². The first kappa shape index (κ1) is 9.72. The molecule has 8 heteroatoms. The number of rotatable bonds is 4. The maximum atomic E-state index is 10.1. The van der Waals surface area contributed by atoms with Crippen molar-refractivity contribution in [1.29, 1.82) is 0 Å². The van der Waals surface area contributed by atoms with Crippen LogP contribution in [0.1, 0.15) is 0 Å². The van der Waals surface area contributed by atoms with Gasteiger partial charge in [0, 0.05) is 0 Å². The second kappa shape index (κ2) is 3.21. The third-order valence-electron chi connectivity index (χ3n) is 1.33. The van der Waals surface area contributed by atoms with E-state index >= 15 is 0 Å². The van der Waals surface area contributed by atoms with Gasteiger partial charge in [-0.3, -0.25) is 20.2 Å². The van der Waals surface area contributed by atoms with Gasteiger partial charge < -0.3 is 11.5 Å². The van der Waals surface area contributed by atoms with E-state index < -0.39 is 28.6 Å². The first-order chi connectivity index (χ1) is 5.01. The minimum absolute atomic E-state index is 0.705. The molecule has 0 bridgehead atoms. The molecule has 64 valence electrons. The molecule has 0 aliphatic carbocycles. The first-order valence-electron chi connectivity index (χ1n) is 2.70. The highest BCUT2D eigenvalue weighted by molar-refractivity contribution is 4.68. The van der Waals surface area contributed by atoms with Crippen molar-refractivity contribution in [3.05, 3.63) is 20.2 Å². The third kappa shape index (κ3) is 1.41. The topological polar surface area (TPSA) is 138 Å². The molecule has 0 fully saturated rings. The molecular weight excluding hydrogens is 156 g/mol. The van der Waals surface area contributed by atoms with E-state index in [0.717, 1.165) is 0 Å². The quantitative estimate of drug-likeness (QED) is 0.284. The summed E-state index contributed by atoms with van der Waals surface area (Å²) in [5, 5.41) is 20.3. The Morgan fingerprint density at radius 3 is 1.36 bits per heavy atom. The fourth-order valence-electron chi connectivity index (χ4n) is 0.448. The van der Waals surface area contributed by atoms with Crippen molar-refractivity contribution in [1.82, 2.24) is 0 Å². The molecule has 0 aliphatic heterocycles. The summed E-state index contributed by atoms with van der Waals surface area (Å²) in [4.78, 5) is 18.1. The Morgan fingerprint density at radius 2 is 1.36 bits per heavy atom. The summed E-state index contributed by atoms with van der Waals surface area (Å²) in [7, 11) is 0. The zero-order valence-corrected chi connectivity index (χ0v) is 5.60. The highest BCUT2D eigenvalue weighted by atomic mass is 16.7. The van der Waals surface area contributed by atoms with Crippen LogP contribution in [0, 0.1) is 20.2 Å². The molecule has 0 aromatic carbocycles. The van der Waals surface area contributed by atoms with Crippen LogP contribution in [0.2, 0.25) is 0 Å². The van der Waals surface area contributed by atoms with Crippen LogP contribution in [0.15, 0.2) is 0 Å². The molecule has 0 aromatic heterocycles. The van der Waals surface area contributed by atoms with Crippen LogP contribution in [-0.2, 0) is 0 Å². The summed E-state index contributed by atoms with van der Waals surface area (Å²) in [6.45, 7) is -1.41. The van der Waals surface area contributed by atoms with Crippen molar-refractivity contribution in [3.63, 3.8) is 0 Å². The number of nitrogens with zero attached hydrogens (tertiary/aromatic N) is 2. The van der Waals surface area contributed by atoms with Crippen LogP contribution in [0.5, 0.6) is 0 Å². The van der Waals surface area contributed by atoms with Gasteiger partial charge >= 0.3 is 5.66 Å². The summed E-state index contributed by atoms with van der Waals surface area (Å²) in [5.41, 5.74) is 7.30. The van der Waals surface area contributed by atoms with Gasteiger partial charge in [-0.25, -0.2) is 0 Å². The van der Waals surface area contributed by atoms with Gasteiger partial charge in [-0.05, 0) is 0 Å². The van der Waals surface area contributed by atoms with Crippen LogP contribution in [0.4, 0.5) is 0 Å². The molecule has 0 heterocycles.